The number of aromatic nitrogens is 2. The molecule has 1 saturated heterocycles. The van der Waals surface area contributed by atoms with E-state index in [1.807, 2.05) is 0 Å². The molecule has 4 rings (SSSR count). The lowest BCUT2D eigenvalue weighted by Crippen LogP contribution is -2.36. The van der Waals surface area contributed by atoms with E-state index < -0.39 is 0 Å². The lowest BCUT2D eigenvalue weighted by molar-refractivity contribution is 0.0399. The number of halogens is 1. The zero-order valence-corrected chi connectivity index (χ0v) is 12.3. The summed E-state index contributed by atoms with van der Waals surface area (Å²) in [6.07, 6.45) is 9.19. The summed E-state index contributed by atoms with van der Waals surface area (Å²) in [5.74, 6) is 1.42. The van der Waals surface area contributed by atoms with Crippen molar-refractivity contribution in [3.8, 4) is 0 Å². The van der Waals surface area contributed by atoms with Crippen LogP contribution in [0.5, 0.6) is 0 Å². The second kappa shape index (κ2) is 4.47. The lowest BCUT2D eigenvalue weighted by Gasteiger charge is -2.31. The molecule has 1 aliphatic carbocycles. The normalized spacial score (nSPS) is 31.3. The van der Waals surface area contributed by atoms with Crippen molar-refractivity contribution in [1.29, 1.82) is 0 Å². The van der Waals surface area contributed by atoms with Crippen LogP contribution in [0, 0.1) is 11.3 Å². The highest BCUT2D eigenvalue weighted by molar-refractivity contribution is 7.15. The third-order valence-corrected chi connectivity index (χ3v) is 5.80. The molecule has 0 aromatic carbocycles. The molecule has 0 bridgehead atoms. The zero-order valence-electron chi connectivity index (χ0n) is 10.7. The van der Waals surface area contributed by atoms with Gasteiger partial charge in [0.05, 0.1) is 11.8 Å². The van der Waals surface area contributed by atoms with Crippen LogP contribution >= 0.6 is 22.9 Å². The molecule has 102 valence electrons. The quantitative estimate of drug-likeness (QED) is 0.809. The highest BCUT2D eigenvalue weighted by Gasteiger charge is 2.50. The fourth-order valence-electron chi connectivity index (χ4n) is 3.34. The van der Waals surface area contributed by atoms with Gasteiger partial charge in [0.2, 0.25) is 0 Å². The van der Waals surface area contributed by atoms with Crippen LogP contribution in [0.25, 0.3) is 4.96 Å². The summed E-state index contributed by atoms with van der Waals surface area (Å²) >= 11 is 8.02. The fraction of sp³-hybridized carbons (Fsp3) is 0.643. The number of imidazole rings is 1. The molecule has 2 unspecified atom stereocenters. The number of ether oxygens (including phenoxy) is 1. The number of hydrogen-bond donors (Lipinski definition) is 0. The van der Waals surface area contributed by atoms with Crippen molar-refractivity contribution in [3.63, 3.8) is 0 Å². The summed E-state index contributed by atoms with van der Waals surface area (Å²) in [5, 5.41) is 2.06. The standard InChI is InChI=1S/C14H17ClN2OS/c15-9-14(3-5-18-12(14)10-1-2-10)7-11-8-17-4-6-19-13(17)16-11/h4,6,8,10,12H,1-3,5,7,9H2. The van der Waals surface area contributed by atoms with Crippen LogP contribution in [-0.4, -0.2) is 28.0 Å². The Bertz CT molecular complexity index is 563. The molecule has 2 atom stereocenters. The van der Waals surface area contributed by atoms with E-state index in [0.717, 1.165) is 36.0 Å². The van der Waals surface area contributed by atoms with Crippen LogP contribution in [0.2, 0.25) is 0 Å². The molecule has 3 heterocycles. The second-order valence-electron chi connectivity index (χ2n) is 5.88. The summed E-state index contributed by atoms with van der Waals surface area (Å²) in [5.41, 5.74) is 1.26. The number of rotatable bonds is 4. The Morgan fingerprint density at radius 3 is 3.16 bits per heavy atom. The average Bonchev–Trinajstić information content (AvgIpc) is 2.83. The van der Waals surface area contributed by atoms with Crippen molar-refractivity contribution in [2.45, 2.75) is 31.8 Å². The largest absolute Gasteiger partial charge is 0.377 e. The number of hydrogen-bond acceptors (Lipinski definition) is 3. The third kappa shape index (κ3) is 2.01. The molecule has 2 aromatic heterocycles. The van der Waals surface area contributed by atoms with Crippen LogP contribution in [0.4, 0.5) is 0 Å². The molecule has 0 N–H and O–H groups in total. The van der Waals surface area contributed by atoms with E-state index in [1.165, 1.54) is 12.8 Å². The minimum atomic E-state index is 0.104. The average molecular weight is 297 g/mol. The monoisotopic (exact) mass is 296 g/mol. The summed E-state index contributed by atoms with van der Waals surface area (Å²) in [4.78, 5) is 5.78. The molecular formula is C14H17ClN2OS. The molecule has 1 aliphatic heterocycles. The molecule has 19 heavy (non-hydrogen) atoms. The summed E-state index contributed by atoms with van der Waals surface area (Å²) in [6, 6.07) is 0. The van der Waals surface area contributed by atoms with Crippen LogP contribution in [-0.2, 0) is 11.2 Å². The Kier molecular flexibility index (Phi) is 2.87. The van der Waals surface area contributed by atoms with Crippen molar-refractivity contribution < 1.29 is 4.74 Å². The van der Waals surface area contributed by atoms with Crippen molar-refractivity contribution >= 4 is 27.9 Å². The van der Waals surface area contributed by atoms with E-state index >= 15 is 0 Å². The third-order valence-electron chi connectivity index (χ3n) is 4.49. The van der Waals surface area contributed by atoms with Crippen molar-refractivity contribution in [2.24, 2.45) is 11.3 Å². The van der Waals surface area contributed by atoms with E-state index in [9.17, 15) is 0 Å². The number of nitrogens with zero attached hydrogens (tertiary/aromatic N) is 2. The molecule has 0 spiro atoms. The Morgan fingerprint density at radius 1 is 1.53 bits per heavy atom. The summed E-state index contributed by atoms with van der Waals surface area (Å²) in [6.45, 7) is 0.857. The van der Waals surface area contributed by atoms with Gasteiger partial charge in [0.1, 0.15) is 0 Å². The predicted molar refractivity (Wildman–Crippen MR) is 77.0 cm³/mol. The SMILES string of the molecule is ClCC1(Cc2cn3ccsc3n2)CCOC1C1CC1. The first-order chi connectivity index (χ1) is 9.31. The van der Waals surface area contributed by atoms with Gasteiger partial charge in [-0.1, -0.05) is 0 Å². The van der Waals surface area contributed by atoms with E-state index in [4.69, 9.17) is 21.3 Å². The fourth-order valence-corrected chi connectivity index (χ4v) is 4.44. The molecule has 5 heteroatoms. The van der Waals surface area contributed by atoms with Crippen LogP contribution in [0.1, 0.15) is 25.0 Å². The number of thiazole rings is 1. The molecule has 3 nitrogen and oxygen atoms in total. The van der Waals surface area contributed by atoms with Crippen LogP contribution in [0.3, 0.4) is 0 Å². The summed E-state index contributed by atoms with van der Waals surface area (Å²) < 4.78 is 8.10. The van der Waals surface area contributed by atoms with Gasteiger partial charge in [-0.3, -0.25) is 4.40 Å². The van der Waals surface area contributed by atoms with Gasteiger partial charge >= 0.3 is 0 Å². The van der Waals surface area contributed by atoms with Gasteiger partial charge in [-0.15, -0.1) is 22.9 Å². The lowest BCUT2D eigenvalue weighted by atomic mass is 9.77. The van der Waals surface area contributed by atoms with Gasteiger partial charge in [-0.25, -0.2) is 4.98 Å². The molecule has 2 fully saturated rings. The Hall–Kier alpha value is -0.580. The van der Waals surface area contributed by atoms with Gasteiger partial charge in [-0.05, 0) is 25.2 Å². The molecule has 2 aromatic rings. The van der Waals surface area contributed by atoms with E-state index in [1.54, 1.807) is 11.3 Å². The van der Waals surface area contributed by atoms with Gasteiger partial charge in [0.15, 0.2) is 4.96 Å². The maximum absolute atomic E-state index is 6.34. The Labute approximate surface area is 121 Å². The van der Waals surface area contributed by atoms with E-state index in [2.05, 4.69) is 22.2 Å². The van der Waals surface area contributed by atoms with E-state index in [0.29, 0.717) is 12.0 Å². The Morgan fingerprint density at radius 2 is 2.42 bits per heavy atom. The highest BCUT2D eigenvalue weighted by atomic mass is 35.5. The smallest absolute Gasteiger partial charge is 0.193 e. The van der Waals surface area contributed by atoms with Gasteiger partial charge < -0.3 is 4.74 Å². The number of fused-ring (bicyclic) bond motifs is 1. The molecule has 1 saturated carbocycles. The first kappa shape index (κ1) is 12.2. The number of alkyl halides is 1. The predicted octanol–water partition coefficient (Wildman–Crippen LogP) is 3.36. The minimum Gasteiger partial charge on any atom is -0.377 e. The maximum atomic E-state index is 6.34. The Balaban J connectivity index is 1.63. The second-order valence-corrected chi connectivity index (χ2v) is 7.02. The van der Waals surface area contributed by atoms with Crippen LogP contribution < -0.4 is 0 Å². The van der Waals surface area contributed by atoms with Gasteiger partial charge in [0, 0.05) is 42.1 Å². The summed E-state index contributed by atoms with van der Waals surface area (Å²) in [7, 11) is 0. The molecule has 2 aliphatic rings. The highest BCUT2D eigenvalue weighted by Crippen LogP contribution is 2.49. The zero-order chi connectivity index (χ0) is 12.9. The van der Waals surface area contributed by atoms with Crippen molar-refractivity contribution in [1.82, 2.24) is 9.38 Å². The van der Waals surface area contributed by atoms with Crippen molar-refractivity contribution in [3.05, 3.63) is 23.5 Å². The first-order valence-electron chi connectivity index (χ1n) is 6.89. The first-order valence-corrected chi connectivity index (χ1v) is 8.31. The minimum absolute atomic E-state index is 0.104. The maximum Gasteiger partial charge on any atom is 0.193 e. The topological polar surface area (TPSA) is 26.5 Å². The molecular weight excluding hydrogens is 280 g/mol. The van der Waals surface area contributed by atoms with Gasteiger partial charge in [-0.2, -0.15) is 0 Å². The molecule has 0 radical (unpaired) electrons. The van der Waals surface area contributed by atoms with Crippen molar-refractivity contribution in [2.75, 3.05) is 12.5 Å². The van der Waals surface area contributed by atoms with Crippen LogP contribution in [0.15, 0.2) is 17.8 Å². The molecule has 0 amide bonds. The van der Waals surface area contributed by atoms with Gasteiger partial charge in [0.25, 0.3) is 0 Å². The van der Waals surface area contributed by atoms with E-state index in [-0.39, 0.29) is 5.41 Å².